The molecule has 0 aromatic carbocycles. The van der Waals surface area contributed by atoms with Gasteiger partial charge in [-0.1, -0.05) is 244 Å². The Bertz CT molecular complexity index is 951. The van der Waals surface area contributed by atoms with Crippen molar-refractivity contribution in [2.24, 2.45) is 0 Å². The second kappa shape index (κ2) is 51.0. The lowest BCUT2D eigenvalue weighted by molar-refractivity contribution is -0.143. The Morgan fingerprint density at radius 3 is 1.28 bits per heavy atom. The number of hydrogen-bond acceptors (Lipinski definition) is 5. The highest BCUT2D eigenvalue weighted by molar-refractivity contribution is 5.76. The zero-order chi connectivity index (χ0) is 44.4. The van der Waals surface area contributed by atoms with Crippen LogP contribution in [0.1, 0.15) is 290 Å². The highest BCUT2D eigenvalue weighted by Gasteiger charge is 2.20. The molecule has 6 nitrogen and oxygen atoms in total. The van der Waals surface area contributed by atoms with Crippen LogP contribution in [-0.2, 0) is 14.3 Å². The molecule has 0 rings (SSSR count). The summed E-state index contributed by atoms with van der Waals surface area (Å²) in [6.45, 7) is 4.90. The highest BCUT2D eigenvalue weighted by atomic mass is 16.5. The molecule has 0 saturated heterocycles. The van der Waals surface area contributed by atoms with Crippen molar-refractivity contribution in [3.05, 3.63) is 24.3 Å². The van der Waals surface area contributed by atoms with E-state index in [4.69, 9.17) is 4.74 Å². The van der Waals surface area contributed by atoms with Gasteiger partial charge < -0.3 is 20.3 Å². The summed E-state index contributed by atoms with van der Waals surface area (Å²) in [4.78, 5) is 24.5. The van der Waals surface area contributed by atoms with Crippen LogP contribution in [-0.4, -0.2) is 47.4 Å². The minimum Gasteiger partial charge on any atom is -0.466 e. The smallest absolute Gasteiger partial charge is 0.305 e. The summed E-state index contributed by atoms with van der Waals surface area (Å²) in [7, 11) is 0. The molecule has 1 amide bonds. The summed E-state index contributed by atoms with van der Waals surface area (Å²) < 4.78 is 5.47. The second-order valence-corrected chi connectivity index (χ2v) is 18.6. The topological polar surface area (TPSA) is 95.9 Å². The van der Waals surface area contributed by atoms with E-state index in [0.717, 1.165) is 51.4 Å². The third-order valence-corrected chi connectivity index (χ3v) is 12.5. The summed E-state index contributed by atoms with van der Waals surface area (Å²) in [6, 6.07) is -0.545. The number of carbonyl (C=O) groups excluding carboxylic acids is 2. The van der Waals surface area contributed by atoms with Gasteiger partial charge >= 0.3 is 5.97 Å². The van der Waals surface area contributed by atoms with E-state index in [0.29, 0.717) is 25.9 Å². The van der Waals surface area contributed by atoms with Crippen molar-refractivity contribution in [1.29, 1.82) is 0 Å². The number of esters is 1. The molecular weight excluding hydrogens is 755 g/mol. The first kappa shape index (κ1) is 59.3. The van der Waals surface area contributed by atoms with Gasteiger partial charge in [-0.15, -0.1) is 0 Å². The molecule has 0 aliphatic heterocycles. The Kier molecular flexibility index (Phi) is 49.6. The van der Waals surface area contributed by atoms with Gasteiger partial charge in [-0.25, -0.2) is 0 Å². The number of allylic oxidation sites excluding steroid dienone is 4. The van der Waals surface area contributed by atoms with Gasteiger partial charge in [0.1, 0.15) is 0 Å². The maximum Gasteiger partial charge on any atom is 0.305 e. The van der Waals surface area contributed by atoms with Crippen molar-refractivity contribution in [1.82, 2.24) is 5.32 Å². The lowest BCUT2D eigenvalue weighted by atomic mass is 10.0. The summed E-state index contributed by atoms with van der Waals surface area (Å²) in [5, 5.41) is 23.1. The van der Waals surface area contributed by atoms with Gasteiger partial charge in [-0.05, 0) is 57.8 Å². The van der Waals surface area contributed by atoms with Crippen molar-refractivity contribution in [3.8, 4) is 0 Å². The Hall–Kier alpha value is -1.66. The van der Waals surface area contributed by atoms with Crippen LogP contribution < -0.4 is 5.32 Å². The zero-order valence-electron chi connectivity index (χ0n) is 40.9. The fourth-order valence-electron chi connectivity index (χ4n) is 8.32. The van der Waals surface area contributed by atoms with Crippen LogP contribution in [0.25, 0.3) is 0 Å². The van der Waals surface area contributed by atoms with Crippen molar-refractivity contribution in [2.45, 2.75) is 302 Å². The Balaban J connectivity index is 3.40. The van der Waals surface area contributed by atoms with Gasteiger partial charge in [-0.2, -0.15) is 0 Å². The molecule has 0 heterocycles. The first-order chi connectivity index (χ1) is 30.0. The number of ether oxygens (including phenoxy) is 1. The van der Waals surface area contributed by atoms with Crippen LogP contribution in [0.3, 0.4) is 0 Å². The molecule has 0 aromatic rings. The van der Waals surface area contributed by atoms with Crippen molar-refractivity contribution >= 4 is 11.9 Å². The van der Waals surface area contributed by atoms with Crippen molar-refractivity contribution in [2.75, 3.05) is 13.2 Å². The van der Waals surface area contributed by atoms with E-state index in [-0.39, 0.29) is 18.5 Å². The predicted octanol–water partition coefficient (Wildman–Crippen LogP) is 16.3. The molecule has 6 heteroatoms. The number of aliphatic hydroxyl groups is 2. The third-order valence-electron chi connectivity index (χ3n) is 12.5. The number of carbonyl (C=O) groups is 2. The maximum atomic E-state index is 12.4. The van der Waals surface area contributed by atoms with Crippen LogP contribution in [0.4, 0.5) is 0 Å². The summed E-state index contributed by atoms with van der Waals surface area (Å²) in [5.41, 5.74) is 0. The van der Waals surface area contributed by atoms with Crippen LogP contribution in [0.2, 0.25) is 0 Å². The molecule has 0 fully saturated rings. The molecule has 61 heavy (non-hydrogen) atoms. The number of aliphatic hydroxyl groups excluding tert-OH is 2. The van der Waals surface area contributed by atoms with E-state index in [2.05, 4.69) is 43.5 Å². The molecule has 3 N–H and O–H groups in total. The fraction of sp³-hybridized carbons (Fsp3) is 0.891. The van der Waals surface area contributed by atoms with Gasteiger partial charge in [-0.3, -0.25) is 9.59 Å². The number of hydrogen-bond donors (Lipinski definition) is 3. The Morgan fingerprint density at radius 2 is 0.820 bits per heavy atom. The molecule has 0 aromatic heterocycles. The average molecular weight is 860 g/mol. The molecule has 360 valence electrons. The standard InChI is InChI=1S/C55H105NO5/c1-3-5-7-9-11-13-15-16-17-18-22-25-29-33-37-41-45-49-55(60)61-50-46-42-38-34-30-26-23-20-19-21-24-28-32-36-40-44-48-54(59)56-52(51-57)53(58)47-43-39-35-31-27-14-12-10-8-6-4-2/h11,13,16-17,52-53,57-58H,3-10,12,14-15,18-51H2,1-2H3,(H,56,59)/b13-11-,17-16-. The van der Waals surface area contributed by atoms with E-state index in [9.17, 15) is 19.8 Å². The van der Waals surface area contributed by atoms with E-state index >= 15 is 0 Å². The van der Waals surface area contributed by atoms with Gasteiger partial charge in [0, 0.05) is 12.8 Å². The molecule has 0 spiro atoms. The largest absolute Gasteiger partial charge is 0.466 e. The summed E-state index contributed by atoms with van der Waals surface area (Å²) in [5.74, 6) is -0.0476. The molecule has 0 bridgehead atoms. The highest BCUT2D eigenvalue weighted by Crippen LogP contribution is 2.17. The van der Waals surface area contributed by atoms with E-state index in [1.54, 1.807) is 0 Å². The number of amides is 1. The van der Waals surface area contributed by atoms with Crippen LogP contribution >= 0.6 is 0 Å². The second-order valence-electron chi connectivity index (χ2n) is 18.6. The Morgan fingerprint density at radius 1 is 0.459 bits per heavy atom. The molecule has 0 saturated carbocycles. The monoisotopic (exact) mass is 860 g/mol. The molecule has 2 atom stereocenters. The minimum atomic E-state index is -0.667. The van der Waals surface area contributed by atoms with Crippen molar-refractivity contribution in [3.63, 3.8) is 0 Å². The van der Waals surface area contributed by atoms with Crippen LogP contribution in [0.15, 0.2) is 24.3 Å². The SMILES string of the molecule is CCCCC/C=C\C/C=C\CCCCCCCCCC(=O)OCCCCCCCCCCCCCCCCCCC(=O)NC(CO)C(O)CCCCCCCCCCCCC. The third kappa shape index (κ3) is 47.7. The van der Waals surface area contributed by atoms with Gasteiger partial charge in [0.15, 0.2) is 0 Å². The van der Waals surface area contributed by atoms with Crippen LogP contribution in [0, 0.1) is 0 Å². The lowest BCUT2D eigenvalue weighted by Crippen LogP contribution is -2.45. The molecule has 0 aliphatic rings. The maximum absolute atomic E-state index is 12.4. The average Bonchev–Trinajstić information content (AvgIpc) is 3.26. The fourth-order valence-corrected chi connectivity index (χ4v) is 8.32. The molecule has 0 radical (unpaired) electrons. The quantitative estimate of drug-likeness (QED) is 0.0322. The Labute approximate surface area is 380 Å². The molecule has 0 aliphatic carbocycles. The van der Waals surface area contributed by atoms with E-state index < -0.39 is 12.1 Å². The molecular formula is C55H105NO5. The van der Waals surface area contributed by atoms with Gasteiger partial charge in [0.05, 0.1) is 25.4 Å². The normalized spacial score (nSPS) is 12.8. The summed E-state index contributed by atoms with van der Waals surface area (Å²) >= 11 is 0. The van der Waals surface area contributed by atoms with Crippen LogP contribution in [0.5, 0.6) is 0 Å². The minimum absolute atomic E-state index is 0.00469. The predicted molar refractivity (Wildman–Crippen MR) is 264 cm³/mol. The number of unbranched alkanes of at least 4 members (excludes halogenated alkanes) is 35. The van der Waals surface area contributed by atoms with Gasteiger partial charge in [0.2, 0.25) is 5.91 Å². The first-order valence-corrected chi connectivity index (χ1v) is 27.1. The zero-order valence-corrected chi connectivity index (χ0v) is 40.9. The number of nitrogens with one attached hydrogen (secondary N) is 1. The summed E-state index contributed by atoms with van der Waals surface area (Å²) in [6.07, 6.45) is 60.1. The van der Waals surface area contributed by atoms with Crippen molar-refractivity contribution < 1.29 is 24.5 Å². The lowest BCUT2D eigenvalue weighted by Gasteiger charge is -2.22. The number of rotatable bonds is 50. The molecule has 2 unspecified atom stereocenters. The first-order valence-electron chi connectivity index (χ1n) is 27.1. The van der Waals surface area contributed by atoms with E-state index in [1.807, 2.05) is 0 Å². The van der Waals surface area contributed by atoms with E-state index in [1.165, 1.54) is 205 Å². The van der Waals surface area contributed by atoms with Gasteiger partial charge in [0.25, 0.3) is 0 Å².